The molecule has 1 rings (SSSR count). The third-order valence-corrected chi connectivity index (χ3v) is 5.32. The smallest absolute Gasteiger partial charge is 0.0329 e. The highest BCUT2D eigenvalue weighted by Crippen LogP contribution is 2.28. The second-order valence-electron chi connectivity index (χ2n) is 5.55. The number of hydrogen-bond acceptors (Lipinski definition) is 2. The average molecular weight is 245 g/mol. The van der Waals surface area contributed by atoms with E-state index in [9.17, 15) is 4.21 Å². The van der Waals surface area contributed by atoms with E-state index < -0.39 is 10.8 Å². The highest BCUT2D eigenvalue weighted by molar-refractivity contribution is 7.84. The van der Waals surface area contributed by atoms with Gasteiger partial charge in [0, 0.05) is 28.3 Å². The molecule has 1 fully saturated rings. The summed E-state index contributed by atoms with van der Waals surface area (Å²) >= 11 is 0. The quantitative estimate of drug-likeness (QED) is 0.806. The summed E-state index contributed by atoms with van der Waals surface area (Å²) in [5.74, 6) is 1.70. The van der Waals surface area contributed by atoms with Crippen LogP contribution in [0.3, 0.4) is 0 Å². The molecule has 16 heavy (non-hydrogen) atoms. The fourth-order valence-corrected chi connectivity index (χ4v) is 3.06. The first-order chi connectivity index (χ1) is 7.50. The summed E-state index contributed by atoms with van der Waals surface area (Å²) in [6.07, 6.45) is 6.85. The van der Waals surface area contributed by atoms with E-state index in [2.05, 4.69) is 26.1 Å². The normalized spacial score (nSPS) is 34.6. The van der Waals surface area contributed by atoms with E-state index in [-0.39, 0.29) is 0 Å². The summed E-state index contributed by atoms with van der Waals surface area (Å²) in [4.78, 5) is 0. The van der Waals surface area contributed by atoms with Crippen molar-refractivity contribution in [3.05, 3.63) is 0 Å². The number of rotatable bonds is 5. The fraction of sp³-hybridized carbons (Fsp3) is 1.00. The van der Waals surface area contributed by atoms with Gasteiger partial charge in [0.05, 0.1) is 0 Å². The van der Waals surface area contributed by atoms with Crippen LogP contribution in [-0.2, 0) is 10.8 Å². The lowest BCUT2D eigenvalue weighted by molar-refractivity contribution is 0.228. The molecule has 96 valence electrons. The lowest BCUT2D eigenvalue weighted by Crippen LogP contribution is -2.40. The molecule has 0 aromatic carbocycles. The van der Waals surface area contributed by atoms with Gasteiger partial charge in [0.15, 0.2) is 0 Å². The van der Waals surface area contributed by atoms with E-state index in [0.717, 1.165) is 24.8 Å². The Bertz CT molecular complexity index is 232. The molecule has 0 amide bonds. The average Bonchev–Trinajstić information content (AvgIpc) is 2.20. The SMILES string of the molecule is C[C@@H]1CC[C@H](NCC[C@H](C)[S@@](C)=O)[C@H](C)C1. The van der Waals surface area contributed by atoms with Gasteiger partial charge in [0.1, 0.15) is 0 Å². The van der Waals surface area contributed by atoms with Gasteiger partial charge in [-0.25, -0.2) is 0 Å². The van der Waals surface area contributed by atoms with Crippen molar-refractivity contribution in [3.8, 4) is 0 Å². The number of nitrogens with one attached hydrogen (secondary N) is 1. The van der Waals surface area contributed by atoms with Crippen LogP contribution >= 0.6 is 0 Å². The molecule has 0 unspecified atom stereocenters. The lowest BCUT2D eigenvalue weighted by atomic mass is 9.80. The van der Waals surface area contributed by atoms with Crippen molar-refractivity contribution < 1.29 is 4.21 Å². The van der Waals surface area contributed by atoms with Crippen LogP contribution in [-0.4, -0.2) is 28.3 Å². The van der Waals surface area contributed by atoms with Crippen LogP contribution in [0.4, 0.5) is 0 Å². The Kier molecular flexibility index (Phi) is 5.98. The zero-order valence-electron chi connectivity index (χ0n) is 11.2. The zero-order valence-corrected chi connectivity index (χ0v) is 12.0. The predicted molar refractivity (Wildman–Crippen MR) is 72.1 cm³/mol. The van der Waals surface area contributed by atoms with Crippen LogP contribution in [0.25, 0.3) is 0 Å². The van der Waals surface area contributed by atoms with Gasteiger partial charge in [0.25, 0.3) is 0 Å². The van der Waals surface area contributed by atoms with E-state index in [1.165, 1.54) is 19.3 Å². The molecule has 2 nitrogen and oxygen atoms in total. The van der Waals surface area contributed by atoms with Gasteiger partial charge < -0.3 is 5.32 Å². The fourth-order valence-electron chi connectivity index (χ4n) is 2.61. The van der Waals surface area contributed by atoms with Crippen LogP contribution in [0.5, 0.6) is 0 Å². The van der Waals surface area contributed by atoms with E-state index in [1.807, 2.05) is 0 Å². The molecular weight excluding hydrogens is 218 g/mol. The molecule has 1 aliphatic rings. The largest absolute Gasteiger partial charge is 0.314 e. The van der Waals surface area contributed by atoms with Crippen molar-refractivity contribution in [1.82, 2.24) is 5.32 Å². The highest BCUT2D eigenvalue weighted by atomic mass is 32.2. The van der Waals surface area contributed by atoms with Crippen LogP contribution in [0.2, 0.25) is 0 Å². The van der Waals surface area contributed by atoms with E-state index >= 15 is 0 Å². The Morgan fingerprint density at radius 1 is 1.38 bits per heavy atom. The molecule has 0 aromatic heterocycles. The van der Waals surface area contributed by atoms with Crippen molar-refractivity contribution in [2.24, 2.45) is 11.8 Å². The molecule has 1 saturated carbocycles. The van der Waals surface area contributed by atoms with Gasteiger partial charge in [-0.2, -0.15) is 0 Å². The van der Waals surface area contributed by atoms with Gasteiger partial charge in [-0.3, -0.25) is 4.21 Å². The summed E-state index contributed by atoms with van der Waals surface area (Å²) in [5, 5.41) is 3.97. The summed E-state index contributed by atoms with van der Waals surface area (Å²) < 4.78 is 11.2. The topological polar surface area (TPSA) is 29.1 Å². The Morgan fingerprint density at radius 2 is 2.06 bits per heavy atom. The van der Waals surface area contributed by atoms with Crippen molar-refractivity contribution in [2.75, 3.05) is 12.8 Å². The standard InChI is InChI=1S/C13H27NOS/c1-10-5-6-13(11(2)9-10)14-8-7-12(3)16(4)15/h10-14H,5-9H2,1-4H3/t10-,11-,12+,13+,16-/m1/s1. The minimum absolute atomic E-state index is 0.324. The third-order valence-electron chi connectivity index (χ3n) is 3.96. The Hall–Kier alpha value is 0.110. The van der Waals surface area contributed by atoms with Gasteiger partial charge in [-0.05, 0) is 44.1 Å². The first kappa shape index (κ1) is 14.2. The number of hydrogen-bond donors (Lipinski definition) is 1. The van der Waals surface area contributed by atoms with Gasteiger partial charge in [-0.1, -0.05) is 20.8 Å². The molecule has 1 aliphatic carbocycles. The van der Waals surface area contributed by atoms with Gasteiger partial charge in [-0.15, -0.1) is 0 Å². The second kappa shape index (κ2) is 6.75. The molecule has 1 N–H and O–H groups in total. The molecule has 0 radical (unpaired) electrons. The molecule has 3 heteroatoms. The van der Waals surface area contributed by atoms with Crippen LogP contribution in [0.15, 0.2) is 0 Å². The molecule has 0 saturated heterocycles. The van der Waals surface area contributed by atoms with E-state index in [1.54, 1.807) is 6.26 Å². The minimum Gasteiger partial charge on any atom is -0.314 e. The first-order valence-corrected chi connectivity index (χ1v) is 8.18. The maximum absolute atomic E-state index is 11.2. The first-order valence-electron chi connectivity index (χ1n) is 6.56. The van der Waals surface area contributed by atoms with E-state index in [0.29, 0.717) is 11.3 Å². The maximum atomic E-state index is 11.2. The van der Waals surface area contributed by atoms with Crippen LogP contribution < -0.4 is 5.32 Å². The van der Waals surface area contributed by atoms with Crippen LogP contribution in [0.1, 0.15) is 46.5 Å². The molecule has 0 aliphatic heterocycles. The van der Waals surface area contributed by atoms with Crippen molar-refractivity contribution in [2.45, 2.75) is 57.7 Å². The Labute approximate surface area is 103 Å². The van der Waals surface area contributed by atoms with Gasteiger partial charge in [0.2, 0.25) is 0 Å². The van der Waals surface area contributed by atoms with Crippen molar-refractivity contribution in [1.29, 1.82) is 0 Å². The second-order valence-corrected chi connectivity index (χ2v) is 7.36. The molecule has 0 spiro atoms. The van der Waals surface area contributed by atoms with Crippen molar-refractivity contribution in [3.63, 3.8) is 0 Å². The Morgan fingerprint density at radius 3 is 2.62 bits per heavy atom. The molecular formula is C13H27NOS. The third kappa shape index (κ3) is 4.54. The predicted octanol–water partition coefficient (Wildman–Crippen LogP) is 2.56. The Balaban J connectivity index is 2.20. The molecule has 0 aromatic rings. The molecule has 0 bridgehead atoms. The maximum Gasteiger partial charge on any atom is 0.0329 e. The van der Waals surface area contributed by atoms with E-state index in [4.69, 9.17) is 0 Å². The monoisotopic (exact) mass is 245 g/mol. The molecule has 0 heterocycles. The minimum atomic E-state index is -0.671. The van der Waals surface area contributed by atoms with Crippen molar-refractivity contribution >= 4 is 10.8 Å². The summed E-state index contributed by atoms with van der Waals surface area (Å²) in [7, 11) is -0.671. The summed E-state index contributed by atoms with van der Waals surface area (Å²) in [5.41, 5.74) is 0. The summed E-state index contributed by atoms with van der Waals surface area (Å²) in [6.45, 7) is 7.80. The highest BCUT2D eigenvalue weighted by Gasteiger charge is 2.24. The molecule has 5 atom stereocenters. The summed E-state index contributed by atoms with van der Waals surface area (Å²) in [6, 6.07) is 0.689. The van der Waals surface area contributed by atoms with Crippen LogP contribution in [0, 0.1) is 11.8 Å². The lowest BCUT2D eigenvalue weighted by Gasteiger charge is -2.33. The van der Waals surface area contributed by atoms with Gasteiger partial charge >= 0.3 is 0 Å². The zero-order chi connectivity index (χ0) is 12.1.